The van der Waals surface area contributed by atoms with Crippen molar-refractivity contribution in [3.05, 3.63) is 39.4 Å². The van der Waals surface area contributed by atoms with E-state index in [1.54, 1.807) is 6.07 Å². The van der Waals surface area contributed by atoms with Gasteiger partial charge in [0.25, 0.3) is 5.91 Å². The van der Waals surface area contributed by atoms with Crippen LogP contribution in [0.15, 0.2) is 33.2 Å². The molecule has 0 spiro atoms. The van der Waals surface area contributed by atoms with E-state index < -0.39 is 10.0 Å². The fourth-order valence-electron chi connectivity index (χ4n) is 2.85. The fraction of sp³-hybridized carbons (Fsp3) is 0.471. The third kappa shape index (κ3) is 4.72. The van der Waals surface area contributed by atoms with Crippen LogP contribution in [-0.4, -0.2) is 63.4 Å². The quantitative estimate of drug-likeness (QED) is 0.755. The zero-order chi connectivity index (χ0) is 18.6. The van der Waals surface area contributed by atoms with E-state index in [0.717, 1.165) is 30.0 Å². The van der Waals surface area contributed by atoms with Crippen LogP contribution in [0.1, 0.15) is 22.2 Å². The van der Waals surface area contributed by atoms with Crippen LogP contribution < -0.4 is 4.72 Å². The normalized spacial score (nSPS) is 16.1. The fourth-order valence-corrected chi connectivity index (χ4v) is 5.84. The number of carbonyl (C=O) groups excluding carboxylic acids is 1. The molecule has 1 N–H and O–H groups in total. The number of piperazine rings is 1. The van der Waals surface area contributed by atoms with Crippen molar-refractivity contribution in [3.8, 4) is 0 Å². The number of aryl methyl sites for hydroxylation is 1. The van der Waals surface area contributed by atoms with Gasteiger partial charge in [0.15, 0.2) is 0 Å². The number of hydrogen-bond donors (Lipinski definition) is 1. The van der Waals surface area contributed by atoms with E-state index in [-0.39, 0.29) is 5.91 Å². The van der Waals surface area contributed by atoms with Crippen molar-refractivity contribution in [1.82, 2.24) is 14.5 Å². The second kappa shape index (κ2) is 8.62. The first-order valence-electron chi connectivity index (χ1n) is 8.62. The van der Waals surface area contributed by atoms with Gasteiger partial charge >= 0.3 is 0 Å². The molecule has 9 heteroatoms. The minimum atomic E-state index is -3.43. The molecule has 2 aromatic rings. The molecule has 1 amide bonds. The van der Waals surface area contributed by atoms with Gasteiger partial charge in [0.2, 0.25) is 10.0 Å². The average Bonchev–Trinajstić information content (AvgIpc) is 3.33. The zero-order valence-electron chi connectivity index (χ0n) is 14.7. The lowest BCUT2D eigenvalue weighted by Crippen LogP contribution is -2.50. The van der Waals surface area contributed by atoms with E-state index in [0.29, 0.717) is 30.4 Å². The molecule has 26 heavy (non-hydrogen) atoms. The lowest BCUT2D eigenvalue weighted by atomic mass is 10.2. The molecule has 0 radical (unpaired) electrons. The summed E-state index contributed by atoms with van der Waals surface area (Å²) in [5.41, 5.74) is 0.749. The van der Waals surface area contributed by atoms with Gasteiger partial charge in [-0.3, -0.25) is 9.69 Å². The third-order valence-electron chi connectivity index (χ3n) is 4.40. The van der Waals surface area contributed by atoms with Crippen LogP contribution in [-0.2, 0) is 16.4 Å². The lowest BCUT2D eigenvalue weighted by Gasteiger charge is -2.34. The molecular weight excluding hydrogens is 390 g/mol. The maximum Gasteiger partial charge on any atom is 0.254 e. The SMILES string of the molecule is CCc1ccc(S(=O)(=O)NCCN2CCN(C(=O)c3ccsc3)CC2)s1. The van der Waals surface area contributed by atoms with E-state index in [1.807, 2.05) is 34.7 Å². The Morgan fingerprint density at radius 3 is 2.58 bits per heavy atom. The monoisotopic (exact) mass is 413 g/mol. The molecule has 1 saturated heterocycles. The summed E-state index contributed by atoms with van der Waals surface area (Å²) in [6.45, 7) is 5.90. The van der Waals surface area contributed by atoms with Gasteiger partial charge in [-0.05, 0) is 30.0 Å². The van der Waals surface area contributed by atoms with Crippen LogP contribution in [0.4, 0.5) is 0 Å². The predicted molar refractivity (Wildman–Crippen MR) is 106 cm³/mol. The maximum absolute atomic E-state index is 12.3. The van der Waals surface area contributed by atoms with Crippen molar-refractivity contribution >= 4 is 38.6 Å². The first kappa shape index (κ1) is 19.5. The minimum absolute atomic E-state index is 0.0797. The standard InChI is InChI=1S/C17H23N3O3S3/c1-2-15-3-4-16(25-15)26(22,23)18-6-7-19-8-10-20(11-9-19)17(21)14-5-12-24-13-14/h3-5,12-13,18H,2,6-11H2,1H3. The van der Waals surface area contributed by atoms with Gasteiger partial charge < -0.3 is 4.90 Å². The van der Waals surface area contributed by atoms with Gasteiger partial charge in [-0.1, -0.05) is 6.92 Å². The Hall–Kier alpha value is -1.26. The van der Waals surface area contributed by atoms with Crippen molar-refractivity contribution < 1.29 is 13.2 Å². The lowest BCUT2D eigenvalue weighted by molar-refractivity contribution is 0.0640. The number of amides is 1. The topological polar surface area (TPSA) is 69.7 Å². The molecule has 0 unspecified atom stereocenters. The summed E-state index contributed by atoms with van der Waals surface area (Å²) in [5, 5.41) is 3.78. The van der Waals surface area contributed by atoms with Gasteiger partial charge in [-0.15, -0.1) is 11.3 Å². The molecule has 1 fully saturated rings. The Labute approximate surface area is 162 Å². The molecule has 1 aliphatic heterocycles. The Bertz CT molecular complexity index is 823. The molecule has 0 aromatic carbocycles. The van der Waals surface area contributed by atoms with Crippen LogP contribution >= 0.6 is 22.7 Å². The second-order valence-electron chi connectivity index (χ2n) is 6.12. The summed E-state index contributed by atoms with van der Waals surface area (Å²) in [7, 11) is -3.43. The van der Waals surface area contributed by atoms with Crippen molar-refractivity contribution in [3.63, 3.8) is 0 Å². The van der Waals surface area contributed by atoms with Crippen LogP contribution in [0.3, 0.4) is 0 Å². The molecule has 0 saturated carbocycles. The highest BCUT2D eigenvalue weighted by Crippen LogP contribution is 2.21. The molecule has 1 aliphatic rings. The number of hydrogen-bond acceptors (Lipinski definition) is 6. The maximum atomic E-state index is 12.3. The van der Waals surface area contributed by atoms with E-state index >= 15 is 0 Å². The summed E-state index contributed by atoms with van der Waals surface area (Å²) < 4.78 is 27.7. The van der Waals surface area contributed by atoms with Gasteiger partial charge in [-0.25, -0.2) is 13.1 Å². The van der Waals surface area contributed by atoms with Gasteiger partial charge in [-0.2, -0.15) is 11.3 Å². The first-order valence-corrected chi connectivity index (χ1v) is 11.9. The molecule has 0 bridgehead atoms. The van der Waals surface area contributed by atoms with Gasteiger partial charge in [0, 0.05) is 49.5 Å². The summed E-state index contributed by atoms with van der Waals surface area (Å²) in [6, 6.07) is 5.38. The molecule has 2 aromatic heterocycles. The summed E-state index contributed by atoms with van der Waals surface area (Å²) in [6.07, 6.45) is 0.842. The molecule has 0 atom stereocenters. The van der Waals surface area contributed by atoms with Crippen molar-refractivity contribution in [2.45, 2.75) is 17.6 Å². The smallest absolute Gasteiger partial charge is 0.254 e. The van der Waals surface area contributed by atoms with Crippen LogP contribution in [0.5, 0.6) is 0 Å². The molecular formula is C17H23N3O3S3. The number of rotatable bonds is 7. The molecule has 3 heterocycles. The largest absolute Gasteiger partial charge is 0.336 e. The Morgan fingerprint density at radius 1 is 1.19 bits per heavy atom. The predicted octanol–water partition coefficient (Wildman–Crippen LogP) is 2.11. The van der Waals surface area contributed by atoms with Gasteiger partial charge in [0.05, 0.1) is 5.56 Å². The molecule has 3 rings (SSSR count). The second-order valence-corrected chi connectivity index (χ2v) is 10.1. The summed E-state index contributed by atoms with van der Waals surface area (Å²) >= 11 is 2.85. The minimum Gasteiger partial charge on any atom is -0.336 e. The Morgan fingerprint density at radius 2 is 1.96 bits per heavy atom. The van der Waals surface area contributed by atoms with E-state index in [1.165, 1.54) is 22.7 Å². The number of thiophene rings is 2. The molecule has 142 valence electrons. The van der Waals surface area contributed by atoms with Crippen LogP contribution in [0, 0.1) is 0 Å². The summed E-state index contributed by atoms with van der Waals surface area (Å²) in [5.74, 6) is 0.0797. The zero-order valence-corrected chi connectivity index (χ0v) is 17.1. The van der Waals surface area contributed by atoms with Crippen molar-refractivity contribution in [1.29, 1.82) is 0 Å². The van der Waals surface area contributed by atoms with Crippen molar-refractivity contribution in [2.75, 3.05) is 39.3 Å². The number of nitrogens with one attached hydrogen (secondary N) is 1. The van der Waals surface area contributed by atoms with Crippen LogP contribution in [0.2, 0.25) is 0 Å². The first-order chi connectivity index (χ1) is 12.5. The van der Waals surface area contributed by atoms with Crippen molar-refractivity contribution in [2.24, 2.45) is 0 Å². The van der Waals surface area contributed by atoms with E-state index in [2.05, 4.69) is 9.62 Å². The number of sulfonamides is 1. The highest BCUT2D eigenvalue weighted by molar-refractivity contribution is 7.91. The van der Waals surface area contributed by atoms with Crippen LogP contribution in [0.25, 0.3) is 0 Å². The number of carbonyl (C=O) groups is 1. The Kier molecular flexibility index (Phi) is 6.46. The van der Waals surface area contributed by atoms with Gasteiger partial charge in [0.1, 0.15) is 4.21 Å². The third-order valence-corrected chi connectivity index (χ3v) is 8.26. The van der Waals surface area contributed by atoms with E-state index in [9.17, 15) is 13.2 Å². The molecule has 6 nitrogen and oxygen atoms in total. The number of nitrogens with zero attached hydrogens (tertiary/aromatic N) is 2. The summed E-state index contributed by atoms with van der Waals surface area (Å²) in [4.78, 5) is 17.4. The van der Waals surface area contributed by atoms with E-state index in [4.69, 9.17) is 0 Å². The average molecular weight is 414 g/mol. The highest BCUT2D eigenvalue weighted by atomic mass is 32.2. The Balaban J connectivity index is 1.43. The highest BCUT2D eigenvalue weighted by Gasteiger charge is 2.23. The molecule has 0 aliphatic carbocycles.